The molecule has 3 heteroatoms. The van der Waals surface area contributed by atoms with E-state index in [-0.39, 0.29) is 5.91 Å². The molecule has 1 aromatic rings. The van der Waals surface area contributed by atoms with Gasteiger partial charge in [0.25, 0.3) is 0 Å². The predicted molar refractivity (Wildman–Crippen MR) is 89.1 cm³/mol. The Labute approximate surface area is 128 Å². The van der Waals surface area contributed by atoms with Crippen molar-refractivity contribution >= 4 is 5.91 Å². The molecule has 0 fully saturated rings. The zero-order chi connectivity index (χ0) is 15.7. The van der Waals surface area contributed by atoms with Crippen molar-refractivity contribution in [2.75, 3.05) is 26.7 Å². The van der Waals surface area contributed by atoms with Crippen LogP contribution in [0, 0.1) is 0 Å². The highest BCUT2D eigenvalue weighted by atomic mass is 16.2. The van der Waals surface area contributed by atoms with Crippen LogP contribution < -0.4 is 0 Å². The molecule has 0 aliphatic heterocycles. The number of amides is 1. The molecule has 0 unspecified atom stereocenters. The summed E-state index contributed by atoms with van der Waals surface area (Å²) in [6.07, 6.45) is 4.65. The molecular formula is C18H26N2O. The first-order valence-electron chi connectivity index (χ1n) is 7.36. The zero-order valence-corrected chi connectivity index (χ0v) is 13.2. The number of hydrogen-bond acceptors (Lipinski definition) is 2. The Hall–Kier alpha value is -1.87. The number of benzene rings is 1. The number of likely N-dealkylation sites (N-methyl/N-ethyl adjacent to an activating group) is 1. The number of carbonyl (C=O) groups is 1. The molecule has 0 heterocycles. The minimum atomic E-state index is 0.110. The lowest BCUT2D eigenvalue weighted by atomic mass is 10.1. The van der Waals surface area contributed by atoms with E-state index >= 15 is 0 Å². The smallest absolute Gasteiger partial charge is 0.236 e. The van der Waals surface area contributed by atoms with E-state index < -0.39 is 0 Å². The maximum Gasteiger partial charge on any atom is 0.236 e. The Kier molecular flexibility index (Phi) is 7.48. The van der Waals surface area contributed by atoms with Crippen LogP contribution in [0.2, 0.25) is 0 Å². The number of nitrogens with zero attached hydrogens (tertiary/aromatic N) is 2. The molecule has 1 aromatic carbocycles. The standard InChI is InChI=1S/C18H26N2O/c1-5-12-20(13-6-2)15-18(21)19(4)14-17-10-8-16(7-3)9-11-17/h5-6,8-11H,1-2,7,12-15H2,3-4H3. The van der Waals surface area contributed by atoms with Crippen LogP contribution in [-0.4, -0.2) is 42.4 Å². The summed E-state index contributed by atoms with van der Waals surface area (Å²) in [5.74, 6) is 0.110. The molecule has 114 valence electrons. The zero-order valence-electron chi connectivity index (χ0n) is 13.2. The summed E-state index contributed by atoms with van der Waals surface area (Å²) in [6, 6.07) is 8.42. The first-order chi connectivity index (χ1) is 10.1. The van der Waals surface area contributed by atoms with E-state index in [0.717, 1.165) is 12.0 Å². The van der Waals surface area contributed by atoms with Crippen molar-refractivity contribution in [3.63, 3.8) is 0 Å². The fourth-order valence-electron chi connectivity index (χ4n) is 2.12. The van der Waals surface area contributed by atoms with Crippen LogP contribution >= 0.6 is 0 Å². The molecule has 0 spiro atoms. The molecule has 1 amide bonds. The van der Waals surface area contributed by atoms with E-state index in [1.54, 1.807) is 17.1 Å². The maximum absolute atomic E-state index is 12.2. The normalized spacial score (nSPS) is 10.4. The number of hydrogen-bond donors (Lipinski definition) is 0. The van der Waals surface area contributed by atoms with Crippen molar-refractivity contribution in [3.8, 4) is 0 Å². The van der Waals surface area contributed by atoms with Crippen LogP contribution in [-0.2, 0) is 17.8 Å². The molecule has 0 bridgehead atoms. The third-order valence-corrected chi connectivity index (χ3v) is 3.41. The summed E-state index contributed by atoms with van der Waals surface area (Å²) in [5, 5.41) is 0. The van der Waals surface area contributed by atoms with E-state index in [9.17, 15) is 4.79 Å². The van der Waals surface area contributed by atoms with E-state index in [1.165, 1.54) is 5.56 Å². The molecule has 0 aliphatic rings. The van der Waals surface area contributed by atoms with Gasteiger partial charge in [-0.1, -0.05) is 43.3 Å². The molecule has 0 radical (unpaired) electrons. The van der Waals surface area contributed by atoms with Gasteiger partial charge in [-0.2, -0.15) is 0 Å². The van der Waals surface area contributed by atoms with Gasteiger partial charge in [0.2, 0.25) is 5.91 Å². The number of carbonyl (C=O) groups excluding carboxylic acids is 1. The number of aryl methyl sites for hydroxylation is 1. The highest BCUT2D eigenvalue weighted by Gasteiger charge is 2.13. The van der Waals surface area contributed by atoms with Gasteiger partial charge < -0.3 is 4.90 Å². The van der Waals surface area contributed by atoms with E-state index in [1.807, 2.05) is 11.9 Å². The van der Waals surface area contributed by atoms with Crippen LogP contribution in [0.5, 0.6) is 0 Å². The fraction of sp³-hybridized carbons (Fsp3) is 0.389. The molecule has 1 rings (SSSR count). The van der Waals surface area contributed by atoms with E-state index in [0.29, 0.717) is 26.2 Å². The van der Waals surface area contributed by atoms with E-state index in [4.69, 9.17) is 0 Å². The van der Waals surface area contributed by atoms with Crippen molar-refractivity contribution in [2.45, 2.75) is 19.9 Å². The van der Waals surface area contributed by atoms with Gasteiger partial charge in [0.1, 0.15) is 0 Å². The Morgan fingerprint density at radius 2 is 1.62 bits per heavy atom. The highest BCUT2D eigenvalue weighted by molar-refractivity contribution is 5.78. The molecule has 0 saturated carbocycles. The first kappa shape index (κ1) is 17.2. The molecule has 21 heavy (non-hydrogen) atoms. The average molecular weight is 286 g/mol. The largest absolute Gasteiger partial charge is 0.340 e. The SMILES string of the molecule is C=CCN(CC=C)CC(=O)N(C)Cc1ccc(CC)cc1. The van der Waals surface area contributed by atoms with Crippen molar-refractivity contribution in [3.05, 3.63) is 60.7 Å². The fourth-order valence-corrected chi connectivity index (χ4v) is 2.12. The minimum absolute atomic E-state index is 0.110. The van der Waals surface area contributed by atoms with Crippen molar-refractivity contribution in [1.82, 2.24) is 9.80 Å². The van der Waals surface area contributed by atoms with Gasteiger partial charge in [-0.05, 0) is 17.5 Å². The molecule has 0 saturated heterocycles. The monoisotopic (exact) mass is 286 g/mol. The second kappa shape index (κ2) is 9.14. The average Bonchev–Trinajstić information content (AvgIpc) is 2.48. The van der Waals surface area contributed by atoms with Crippen LogP contribution in [0.4, 0.5) is 0 Å². The quantitative estimate of drug-likeness (QED) is 0.652. The van der Waals surface area contributed by atoms with Gasteiger partial charge in [-0.3, -0.25) is 9.69 Å². The van der Waals surface area contributed by atoms with Gasteiger partial charge in [0, 0.05) is 26.7 Å². The topological polar surface area (TPSA) is 23.6 Å². The van der Waals surface area contributed by atoms with Gasteiger partial charge in [0.15, 0.2) is 0 Å². The molecule has 0 atom stereocenters. The summed E-state index contributed by atoms with van der Waals surface area (Å²) < 4.78 is 0. The van der Waals surface area contributed by atoms with Gasteiger partial charge in [-0.25, -0.2) is 0 Å². The minimum Gasteiger partial charge on any atom is -0.340 e. The van der Waals surface area contributed by atoms with Crippen LogP contribution in [0.1, 0.15) is 18.1 Å². The maximum atomic E-state index is 12.2. The Balaban J connectivity index is 2.55. The number of rotatable bonds is 9. The van der Waals surface area contributed by atoms with Gasteiger partial charge >= 0.3 is 0 Å². The molecule has 0 N–H and O–H groups in total. The van der Waals surface area contributed by atoms with Crippen LogP contribution in [0.3, 0.4) is 0 Å². The Morgan fingerprint density at radius 3 is 2.10 bits per heavy atom. The third kappa shape index (κ3) is 5.96. The van der Waals surface area contributed by atoms with Crippen LogP contribution in [0.25, 0.3) is 0 Å². The Bertz CT molecular complexity index is 455. The third-order valence-electron chi connectivity index (χ3n) is 3.41. The molecule has 0 aliphatic carbocycles. The lowest BCUT2D eigenvalue weighted by Gasteiger charge is -2.23. The van der Waals surface area contributed by atoms with Crippen LogP contribution in [0.15, 0.2) is 49.6 Å². The molecule has 0 aromatic heterocycles. The highest BCUT2D eigenvalue weighted by Crippen LogP contribution is 2.07. The van der Waals surface area contributed by atoms with E-state index in [2.05, 4.69) is 44.3 Å². The summed E-state index contributed by atoms with van der Waals surface area (Å²) in [7, 11) is 1.84. The lowest BCUT2D eigenvalue weighted by molar-refractivity contribution is -0.131. The second-order valence-electron chi connectivity index (χ2n) is 5.19. The first-order valence-corrected chi connectivity index (χ1v) is 7.36. The van der Waals surface area contributed by atoms with Crippen molar-refractivity contribution < 1.29 is 4.79 Å². The van der Waals surface area contributed by atoms with Crippen molar-refractivity contribution in [2.24, 2.45) is 0 Å². The summed E-state index contributed by atoms with van der Waals surface area (Å²) in [6.45, 7) is 12.0. The summed E-state index contributed by atoms with van der Waals surface area (Å²) in [4.78, 5) is 16.0. The predicted octanol–water partition coefficient (Wildman–Crippen LogP) is 2.88. The van der Waals surface area contributed by atoms with Crippen molar-refractivity contribution in [1.29, 1.82) is 0 Å². The van der Waals surface area contributed by atoms with Gasteiger partial charge in [-0.15, -0.1) is 13.2 Å². The summed E-state index contributed by atoms with van der Waals surface area (Å²) >= 11 is 0. The lowest BCUT2D eigenvalue weighted by Crippen LogP contribution is -2.38. The second-order valence-corrected chi connectivity index (χ2v) is 5.19. The summed E-state index contributed by atoms with van der Waals surface area (Å²) in [5.41, 5.74) is 2.47. The molecular weight excluding hydrogens is 260 g/mol. The van der Waals surface area contributed by atoms with Gasteiger partial charge in [0.05, 0.1) is 6.54 Å². The Morgan fingerprint density at radius 1 is 1.10 bits per heavy atom. The molecule has 3 nitrogen and oxygen atoms in total.